The van der Waals surface area contributed by atoms with Gasteiger partial charge in [0.25, 0.3) is 0 Å². The van der Waals surface area contributed by atoms with Crippen molar-refractivity contribution in [2.45, 2.75) is 51.1 Å². The highest BCUT2D eigenvalue weighted by atomic mass is 32.1. The fourth-order valence-electron chi connectivity index (χ4n) is 5.49. The molecule has 0 amide bonds. The van der Waals surface area contributed by atoms with Crippen LogP contribution < -0.4 is 5.32 Å². The van der Waals surface area contributed by atoms with Crippen LogP contribution in [0.2, 0.25) is 0 Å². The molecule has 1 unspecified atom stereocenters. The zero-order valence-corrected chi connectivity index (χ0v) is 18.4. The van der Waals surface area contributed by atoms with Crippen molar-refractivity contribution in [3.05, 3.63) is 52.8 Å². The molecule has 4 atom stereocenters. The van der Waals surface area contributed by atoms with E-state index in [2.05, 4.69) is 57.9 Å². The van der Waals surface area contributed by atoms with Crippen molar-refractivity contribution >= 4 is 24.3 Å². The molecular weight excluding hydrogens is 392 g/mol. The summed E-state index contributed by atoms with van der Waals surface area (Å²) in [6, 6.07) is 11.1. The molecular formula is C23H30N6S. The molecule has 30 heavy (non-hydrogen) atoms. The van der Waals surface area contributed by atoms with Crippen LogP contribution in [0.15, 0.2) is 41.4 Å². The maximum Gasteiger partial charge on any atom is 0.242 e. The maximum atomic E-state index is 7.71. The molecule has 3 aliphatic rings. The molecule has 6 nitrogen and oxygen atoms in total. The van der Waals surface area contributed by atoms with Crippen molar-refractivity contribution in [3.63, 3.8) is 0 Å². The Labute approximate surface area is 183 Å². The SMILES string of the molecule is CC(=N)/C=C(\S)N1C[C@H]2CC[C@@H](C1)[C@@H]2Nc1nc2n(n1)CCCC2c1ccccc1. The van der Waals surface area contributed by atoms with Gasteiger partial charge in [-0.05, 0) is 56.1 Å². The molecule has 0 radical (unpaired) electrons. The van der Waals surface area contributed by atoms with Gasteiger partial charge in [-0.1, -0.05) is 30.3 Å². The predicted octanol–water partition coefficient (Wildman–Crippen LogP) is 4.14. The lowest BCUT2D eigenvalue weighted by Gasteiger charge is -2.39. The Kier molecular flexibility index (Phi) is 5.31. The number of rotatable bonds is 5. The quantitative estimate of drug-likeness (QED) is 0.500. The van der Waals surface area contributed by atoms with E-state index in [-0.39, 0.29) is 0 Å². The first-order valence-electron chi connectivity index (χ1n) is 11.1. The van der Waals surface area contributed by atoms with Crippen molar-refractivity contribution in [1.82, 2.24) is 19.7 Å². The van der Waals surface area contributed by atoms with Crippen LogP contribution in [0.1, 0.15) is 49.9 Å². The topological polar surface area (TPSA) is 69.8 Å². The van der Waals surface area contributed by atoms with Gasteiger partial charge in [-0.2, -0.15) is 4.98 Å². The Bertz CT molecular complexity index is 938. The minimum atomic E-state index is 0.336. The second-order valence-electron chi connectivity index (χ2n) is 8.98. The van der Waals surface area contributed by atoms with E-state index in [1.54, 1.807) is 6.92 Å². The second-order valence-corrected chi connectivity index (χ2v) is 9.44. The summed E-state index contributed by atoms with van der Waals surface area (Å²) in [5, 5.41) is 17.2. The summed E-state index contributed by atoms with van der Waals surface area (Å²) in [4.78, 5) is 7.30. The largest absolute Gasteiger partial charge is 0.366 e. The Morgan fingerprint density at radius 3 is 2.60 bits per heavy atom. The Balaban J connectivity index is 1.32. The minimum absolute atomic E-state index is 0.336. The van der Waals surface area contributed by atoms with Gasteiger partial charge in [-0.25, -0.2) is 4.68 Å². The fraction of sp³-hybridized carbons (Fsp3) is 0.522. The number of aryl methyl sites for hydroxylation is 1. The number of aromatic nitrogens is 3. The number of likely N-dealkylation sites (tertiary alicyclic amines) is 1. The first-order chi connectivity index (χ1) is 14.6. The molecule has 2 bridgehead atoms. The highest BCUT2D eigenvalue weighted by Crippen LogP contribution is 2.40. The van der Waals surface area contributed by atoms with E-state index < -0.39 is 0 Å². The fourth-order valence-corrected chi connectivity index (χ4v) is 5.85. The minimum Gasteiger partial charge on any atom is -0.366 e. The van der Waals surface area contributed by atoms with E-state index in [0.717, 1.165) is 49.3 Å². The summed E-state index contributed by atoms with van der Waals surface area (Å²) >= 11 is 4.64. The third-order valence-electron chi connectivity index (χ3n) is 6.88. The lowest BCUT2D eigenvalue weighted by atomic mass is 9.91. The Hall–Kier alpha value is -2.28. The molecule has 2 fully saturated rings. The Morgan fingerprint density at radius 2 is 1.90 bits per heavy atom. The number of piperidine rings is 1. The zero-order chi connectivity index (χ0) is 20.7. The van der Waals surface area contributed by atoms with Gasteiger partial charge in [0, 0.05) is 37.3 Å². The zero-order valence-electron chi connectivity index (χ0n) is 17.5. The third kappa shape index (κ3) is 3.75. The molecule has 1 saturated carbocycles. The van der Waals surface area contributed by atoms with Crippen LogP contribution in [0, 0.1) is 17.2 Å². The monoisotopic (exact) mass is 422 g/mol. The first kappa shape index (κ1) is 19.7. The van der Waals surface area contributed by atoms with Gasteiger partial charge < -0.3 is 15.6 Å². The van der Waals surface area contributed by atoms with E-state index in [1.165, 1.54) is 18.4 Å². The standard InChI is InChI=1S/C23H30N6S/c1-15(24)12-20(30)28-13-17-9-10-18(14-28)21(17)25-23-26-22-19(8-5-11-29(22)27-23)16-6-3-2-4-7-16/h2-4,6-7,12,17-19,21,24,30H,5,8-11,13-14H2,1H3,(H,25,27)/b20-12-,24-15?/t17-,18+,19?,21-. The first-order valence-corrected chi connectivity index (χ1v) is 11.5. The Morgan fingerprint density at radius 1 is 1.17 bits per heavy atom. The molecule has 2 N–H and O–H groups in total. The lowest BCUT2D eigenvalue weighted by molar-refractivity contribution is 0.205. The molecule has 3 heterocycles. The molecule has 1 aliphatic carbocycles. The van der Waals surface area contributed by atoms with Crippen LogP contribution in [-0.2, 0) is 6.54 Å². The van der Waals surface area contributed by atoms with E-state index in [0.29, 0.717) is 29.5 Å². The number of allylic oxidation sites excluding steroid dienone is 1. The molecule has 1 aromatic heterocycles. The molecule has 1 aromatic carbocycles. The number of hydrogen-bond donors (Lipinski definition) is 3. The van der Waals surface area contributed by atoms with E-state index >= 15 is 0 Å². The number of hydrogen-bond acceptors (Lipinski definition) is 6. The van der Waals surface area contributed by atoms with Crippen LogP contribution in [0.3, 0.4) is 0 Å². The van der Waals surface area contributed by atoms with E-state index in [4.69, 9.17) is 15.5 Å². The van der Waals surface area contributed by atoms with Gasteiger partial charge >= 0.3 is 0 Å². The molecule has 2 aliphatic heterocycles. The van der Waals surface area contributed by atoms with Crippen molar-refractivity contribution in [2.24, 2.45) is 11.8 Å². The molecule has 158 valence electrons. The van der Waals surface area contributed by atoms with Crippen LogP contribution >= 0.6 is 12.6 Å². The number of nitrogens with zero attached hydrogens (tertiary/aromatic N) is 4. The number of benzene rings is 1. The van der Waals surface area contributed by atoms with Crippen molar-refractivity contribution in [2.75, 3.05) is 18.4 Å². The average molecular weight is 423 g/mol. The number of fused-ring (bicyclic) bond motifs is 3. The molecule has 7 heteroatoms. The van der Waals surface area contributed by atoms with Crippen LogP contribution in [0.25, 0.3) is 0 Å². The molecule has 5 rings (SSSR count). The van der Waals surface area contributed by atoms with Crippen LogP contribution in [0.4, 0.5) is 5.95 Å². The van der Waals surface area contributed by atoms with Crippen molar-refractivity contribution in [3.8, 4) is 0 Å². The average Bonchev–Trinajstić information content (AvgIpc) is 3.24. The van der Waals surface area contributed by atoms with Gasteiger partial charge in [0.2, 0.25) is 5.95 Å². The lowest BCUT2D eigenvalue weighted by Crippen LogP contribution is -2.47. The normalized spacial score (nSPS) is 28.3. The smallest absolute Gasteiger partial charge is 0.242 e. The summed E-state index contributed by atoms with van der Waals surface area (Å²) in [5.74, 6) is 3.36. The predicted molar refractivity (Wildman–Crippen MR) is 123 cm³/mol. The van der Waals surface area contributed by atoms with Gasteiger partial charge in [-0.3, -0.25) is 0 Å². The molecule has 0 spiro atoms. The highest BCUT2D eigenvalue weighted by Gasteiger charge is 2.43. The van der Waals surface area contributed by atoms with Crippen LogP contribution in [-0.4, -0.2) is 44.5 Å². The summed E-state index contributed by atoms with van der Waals surface area (Å²) in [6.07, 6.45) is 6.58. The molecule has 2 aromatic rings. The van der Waals surface area contributed by atoms with Gasteiger partial charge in [-0.15, -0.1) is 17.7 Å². The summed E-state index contributed by atoms with van der Waals surface area (Å²) < 4.78 is 2.11. The second kappa shape index (κ2) is 8.10. The van der Waals surface area contributed by atoms with Gasteiger partial charge in [0.15, 0.2) is 0 Å². The molecule has 1 saturated heterocycles. The third-order valence-corrected chi connectivity index (χ3v) is 7.29. The van der Waals surface area contributed by atoms with E-state index in [1.807, 2.05) is 6.08 Å². The summed E-state index contributed by atoms with van der Waals surface area (Å²) in [7, 11) is 0. The van der Waals surface area contributed by atoms with Crippen LogP contribution in [0.5, 0.6) is 0 Å². The maximum absolute atomic E-state index is 7.71. The van der Waals surface area contributed by atoms with Gasteiger partial charge in [0.05, 0.1) is 5.03 Å². The number of anilines is 1. The van der Waals surface area contributed by atoms with E-state index in [9.17, 15) is 0 Å². The highest BCUT2D eigenvalue weighted by molar-refractivity contribution is 7.84. The number of thiol groups is 1. The van der Waals surface area contributed by atoms with Crippen molar-refractivity contribution in [1.29, 1.82) is 5.41 Å². The number of nitrogens with one attached hydrogen (secondary N) is 2. The van der Waals surface area contributed by atoms with Gasteiger partial charge in [0.1, 0.15) is 5.82 Å². The van der Waals surface area contributed by atoms with Crippen molar-refractivity contribution < 1.29 is 0 Å². The summed E-state index contributed by atoms with van der Waals surface area (Å²) in [5.41, 5.74) is 1.88. The summed E-state index contributed by atoms with van der Waals surface area (Å²) in [6.45, 7) is 4.72.